The Bertz CT molecular complexity index is 457. The van der Waals surface area contributed by atoms with Crippen LogP contribution in [0.5, 0.6) is 0 Å². The van der Waals surface area contributed by atoms with Gasteiger partial charge in [0.2, 0.25) is 6.29 Å². The summed E-state index contributed by atoms with van der Waals surface area (Å²) < 4.78 is 0. The number of hydrogen-bond donors (Lipinski definition) is 0. The summed E-state index contributed by atoms with van der Waals surface area (Å²) in [7, 11) is 0. The zero-order valence-electron chi connectivity index (χ0n) is 9.73. The molecule has 0 saturated carbocycles. The molecular weight excluding hydrogens is 208 g/mol. The molecule has 0 unspecified atom stereocenters. The zero-order chi connectivity index (χ0) is 11.9. The minimum absolute atomic E-state index is 0.388. The van der Waals surface area contributed by atoms with E-state index in [-0.39, 0.29) is 0 Å². The van der Waals surface area contributed by atoms with Gasteiger partial charge in [-0.1, -0.05) is 54.6 Å². The molecule has 0 spiro atoms. The van der Waals surface area contributed by atoms with Gasteiger partial charge in [0.1, 0.15) is 0 Å². The Morgan fingerprint density at radius 2 is 1.24 bits per heavy atom. The van der Waals surface area contributed by atoms with Gasteiger partial charge in [0, 0.05) is 6.42 Å². The van der Waals surface area contributed by atoms with Gasteiger partial charge in [0.25, 0.3) is 0 Å². The second-order valence-corrected chi connectivity index (χ2v) is 4.12. The van der Waals surface area contributed by atoms with Crippen LogP contribution in [0.3, 0.4) is 0 Å². The summed E-state index contributed by atoms with van der Waals surface area (Å²) in [4.78, 5) is 10.2. The fraction of sp³-hybridized carbons (Fsp3) is 0.188. The van der Waals surface area contributed by atoms with E-state index in [0.717, 1.165) is 18.4 Å². The van der Waals surface area contributed by atoms with Crippen molar-refractivity contribution in [1.82, 2.24) is 0 Å². The van der Waals surface area contributed by atoms with Crippen LogP contribution in [0.2, 0.25) is 0 Å². The second kappa shape index (κ2) is 6.00. The largest absolute Gasteiger partial charge is 0.291 e. The van der Waals surface area contributed by atoms with Gasteiger partial charge in [-0.2, -0.15) is 0 Å². The molecule has 17 heavy (non-hydrogen) atoms. The molecule has 2 rings (SSSR count). The molecule has 1 radical (unpaired) electrons. The van der Waals surface area contributed by atoms with Crippen molar-refractivity contribution < 1.29 is 4.79 Å². The SMILES string of the molecule is O=[C]Cc1ccc(CCc2ccccc2)cc1. The average molecular weight is 223 g/mol. The monoisotopic (exact) mass is 223 g/mol. The van der Waals surface area contributed by atoms with E-state index in [9.17, 15) is 4.79 Å². The van der Waals surface area contributed by atoms with Gasteiger partial charge >= 0.3 is 0 Å². The molecule has 0 atom stereocenters. The van der Waals surface area contributed by atoms with Crippen LogP contribution < -0.4 is 0 Å². The Morgan fingerprint density at radius 3 is 1.82 bits per heavy atom. The van der Waals surface area contributed by atoms with Crippen LogP contribution in [0.1, 0.15) is 16.7 Å². The molecule has 1 nitrogen and oxygen atoms in total. The Hall–Kier alpha value is -1.89. The lowest BCUT2D eigenvalue weighted by molar-refractivity contribution is 0.555. The predicted octanol–water partition coefficient (Wildman–Crippen LogP) is 3.12. The molecule has 1 heteroatoms. The lowest BCUT2D eigenvalue weighted by Gasteiger charge is -2.03. The number of aryl methyl sites for hydroxylation is 2. The highest BCUT2D eigenvalue weighted by Gasteiger charge is 1.96. The highest BCUT2D eigenvalue weighted by atomic mass is 16.1. The summed E-state index contributed by atoms with van der Waals surface area (Å²) in [5.41, 5.74) is 3.70. The summed E-state index contributed by atoms with van der Waals surface area (Å²) in [5.74, 6) is 0. The summed E-state index contributed by atoms with van der Waals surface area (Å²) in [5, 5.41) is 0. The first kappa shape index (κ1) is 11.6. The van der Waals surface area contributed by atoms with Crippen molar-refractivity contribution in [2.24, 2.45) is 0 Å². The number of rotatable bonds is 5. The molecule has 0 fully saturated rings. The molecular formula is C16H15O. The third-order valence-electron chi connectivity index (χ3n) is 2.84. The summed E-state index contributed by atoms with van der Waals surface area (Å²) in [6, 6.07) is 18.7. The molecule has 0 saturated heterocycles. The zero-order valence-corrected chi connectivity index (χ0v) is 9.73. The molecule has 2 aromatic carbocycles. The smallest absolute Gasteiger partial charge is 0.203 e. The molecule has 0 aliphatic carbocycles. The molecule has 0 aliphatic rings. The standard InChI is InChI=1S/C16H15O/c17-13-12-16-10-8-15(9-11-16)7-6-14-4-2-1-3-5-14/h1-5,8-11H,6-7,12H2. The van der Waals surface area contributed by atoms with E-state index >= 15 is 0 Å². The second-order valence-electron chi connectivity index (χ2n) is 4.12. The predicted molar refractivity (Wildman–Crippen MR) is 69.7 cm³/mol. The topological polar surface area (TPSA) is 17.1 Å². The van der Waals surface area contributed by atoms with Crippen molar-refractivity contribution >= 4 is 6.29 Å². The maximum atomic E-state index is 10.2. The summed E-state index contributed by atoms with van der Waals surface area (Å²) >= 11 is 0. The quantitative estimate of drug-likeness (QED) is 0.761. The number of carbonyl (C=O) groups excluding carboxylic acids is 1. The van der Waals surface area contributed by atoms with Gasteiger partial charge in [-0.3, -0.25) is 4.79 Å². The summed E-state index contributed by atoms with van der Waals surface area (Å²) in [6.07, 6.45) is 4.39. The molecule has 0 aromatic heterocycles. The Kier molecular flexibility index (Phi) is 4.09. The Balaban J connectivity index is 1.93. The third-order valence-corrected chi connectivity index (χ3v) is 2.84. The molecule has 85 valence electrons. The molecule has 0 N–H and O–H groups in total. The van der Waals surface area contributed by atoms with E-state index in [4.69, 9.17) is 0 Å². The van der Waals surface area contributed by atoms with Crippen molar-refractivity contribution in [1.29, 1.82) is 0 Å². The third kappa shape index (κ3) is 3.56. The molecule has 0 aliphatic heterocycles. The fourth-order valence-corrected chi connectivity index (χ4v) is 1.84. The van der Waals surface area contributed by atoms with E-state index < -0.39 is 0 Å². The van der Waals surface area contributed by atoms with E-state index in [2.05, 4.69) is 36.4 Å². The fourth-order valence-electron chi connectivity index (χ4n) is 1.84. The van der Waals surface area contributed by atoms with Gasteiger partial charge < -0.3 is 0 Å². The van der Waals surface area contributed by atoms with Crippen molar-refractivity contribution in [2.75, 3.05) is 0 Å². The van der Waals surface area contributed by atoms with Gasteiger partial charge in [0.05, 0.1) is 0 Å². The minimum Gasteiger partial charge on any atom is -0.291 e. The summed E-state index contributed by atoms with van der Waals surface area (Å²) in [6.45, 7) is 0. The van der Waals surface area contributed by atoms with E-state index in [1.165, 1.54) is 11.1 Å². The van der Waals surface area contributed by atoms with Gasteiger partial charge in [-0.25, -0.2) is 0 Å². The van der Waals surface area contributed by atoms with E-state index in [1.54, 1.807) is 0 Å². The van der Waals surface area contributed by atoms with E-state index in [0.29, 0.717) is 6.42 Å². The number of benzene rings is 2. The lowest BCUT2D eigenvalue weighted by atomic mass is 10.0. The van der Waals surface area contributed by atoms with Gasteiger partial charge in [-0.15, -0.1) is 0 Å². The van der Waals surface area contributed by atoms with Crippen LogP contribution in [0.15, 0.2) is 54.6 Å². The van der Waals surface area contributed by atoms with Crippen LogP contribution >= 0.6 is 0 Å². The van der Waals surface area contributed by atoms with Crippen LogP contribution in [-0.2, 0) is 24.1 Å². The first-order chi connectivity index (χ1) is 8.38. The minimum atomic E-state index is 0.388. The number of hydrogen-bond acceptors (Lipinski definition) is 1. The first-order valence-electron chi connectivity index (χ1n) is 5.85. The highest BCUT2D eigenvalue weighted by molar-refractivity contribution is 5.55. The van der Waals surface area contributed by atoms with Crippen molar-refractivity contribution in [3.63, 3.8) is 0 Å². The van der Waals surface area contributed by atoms with Gasteiger partial charge in [-0.05, 0) is 29.5 Å². The van der Waals surface area contributed by atoms with Crippen molar-refractivity contribution in [3.8, 4) is 0 Å². The van der Waals surface area contributed by atoms with Crippen molar-refractivity contribution in [3.05, 3.63) is 71.3 Å². The van der Waals surface area contributed by atoms with Crippen molar-refractivity contribution in [2.45, 2.75) is 19.3 Å². The normalized spacial score (nSPS) is 10.1. The molecule has 0 heterocycles. The molecule has 0 amide bonds. The molecule has 2 aromatic rings. The Labute approximate surface area is 102 Å². The Morgan fingerprint density at radius 1 is 0.706 bits per heavy atom. The maximum Gasteiger partial charge on any atom is 0.203 e. The molecule has 0 bridgehead atoms. The lowest BCUT2D eigenvalue weighted by Crippen LogP contribution is -1.92. The van der Waals surface area contributed by atoms with Gasteiger partial charge in [0.15, 0.2) is 0 Å². The van der Waals surface area contributed by atoms with Crippen LogP contribution in [0, 0.1) is 0 Å². The van der Waals surface area contributed by atoms with Crippen LogP contribution in [-0.4, -0.2) is 6.29 Å². The van der Waals surface area contributed by atoms with Crippen LogP contribution in [0.25, 0.3) is 0 Å². The van der Waals surface area contributed by atoms with E-state index in [1.807, 2.05) is 24.5 Å². The highest BCUT2D eigenvalue weighted by Crippen LogP contribution is 2.09. The maximum absolute atomic E-state index is 10.2. The van der Waals surface area contributed by atoms with Crippen LogP contribution in [0.4, 0.5) is 0 Å². The first-order valence-corrected chi connectivity index (χ1v) is 5.85. The average Bonchev–Trinajstić information content (AvgIpc) is 2.40.